The molecule has 8 heteroatoms. The van der Waals surface area contributed by atoms with Gasteiger partial charge in [0.2, 0.25) is 12.7 Å². The van der Waals surface area contributed by atoms with Gasteiger partial charge in [0.15, 0.2) is 11.5 Å². The van der Waals surface area contributed by atoms with Crippen molar-refractivity contribution in [1.82, 2.24) is 14.9 Å². The van der Waals surface area contributed by atoms with E-state index in [1.807, 2.05) is 11.0 Å². The van der Waals surface area contributed by atoms with Gasteiger partial charge in [-0.25, -0.2) is 4.98 Å². The first-order valence-corrected chi connectivity index (χ1v) is 8.90. The monoisotopic (exact) mass is 380 g/mol. The number of H-pyrrole nitrogens is 1. The number of nitrogens with zero attached hydrogens (tertiary/aromatic N) is 2. The van der Waals surface area contributed by atoms with E-state index in [1.165, 1.54) is 0 Å². The van der Waals surface area contributed by atoms with Crippen molar-refractivity contribution < 1.29 is 14.3 Å². The minimum Gasteiger partial charge on any atom is -0.454 e. The molecule has 1 aliphatic rings. The molecule has 3 aromatic rings. The van der Waals surface area contributed by atoms with E-state index in [1.54, 1.807) is 50.4 Å². The largest absolute Gasteiger partial charge is 0.454 e. The number of likely N-dealkylation sites (N-methyl/N-ethyl adjacent to an activating group) is 1. The summed E-state index contributed by atoms with van der Waals surface area (Å²) in [5, 5.41) is 3.41. The Labute approximate surface area is 161 Å². The number of ether oxygens (including phenoxy) is 2. The van der Waals surface area contributed by atoms with Crippen molar-refractivity contribution >= 4 is 22.5 Å². The molecule has 0 bridgehead atoms. The summed E-state index contributed by atoms with van der Waals surface area (Å²) in [6, 6.07) is 12.0. The summed E-state index contributed by atoms with van der Waals surface area (Å²) in [4.78, 5) is 33.9. The minimum absolute atomic E-state index is 0.176. The molecule has 2 aromatic carbocycles. The summed E-state index contributed by atoms with van der Waals surface area (Å²) in [5.41, 5.74) is 1.07. The molecule has 0 radical (unpaired) electrons. The van der Waals surface area contributed by atoms with Crippen LogP contribution < -0.4 is 20.3 Å². The van der Waals surface area contributed by atoms with Gasteiger partial charge in [0.05, 0.1) is 23.5 Å². The number of fused-ring (bicyclic) bond motifs is 2. The molecule has 2 N–H and O–H groups in total. The molecule has 144 valence electrons. The first-order chi connectivity index (χ1) is 13.5. The Morgan fingerprint density at radius 2 is 2.04 bits per heavy atom. The van der Waals surface area contributed by atoms with E-state index < -0.39 is 6.04 Å². The van der Waals surface area contributed by atoms with Crippen LogP contribution in [0, 0.1) is 0 Å². The van der Waals surface area contributed by atoms with E-state index in [0.717, 1.165) is 0 Å². The summed E-state index contributed by atoms with van der Waals surface area (Å²) >= 11 is 0. The Morgan fingerprint density at radius 1 is 1.25 bits per heavy atom. The maximum absolute atomic E-state index is 12.6. The number of anilines is 1. The lowest BCUT2D eigenvalue weighted by Gasteiger charge is -2.23. The lowest BCUT2D eigenvalue weighted by atomic mass is 10.2. The number of aromatic nitrogens is 2. The smallest absolute Gasteiger partial charge is 0.258 e. The van der Waals surface area contributed by atoms with Gasteiger partial charge in [0.1, 0.15) is 5.82 Å². The van der Waals surface area contributed by atoms with Crippen LogP contribution in [0.4, 0.5) is 5.69 Å². The van der Waals surface area contributed by atoms with Gasteiger partial charge in [-0.15, -0.1) is 0 Å². The van der Waals surface area contributed by atoms with Gasteiger partial charge < -0.3 is 19.8 Å². The third kappa shape index (κ3) is 3.54. The molecule has 0 unspecified atom stereocenters. The van der Waals surface area contributed by atoms with Crippen LogP contribution in [0.3, 0.4) is 0 Å². The Balaban J connectivity index is 1.45. The van der Waals surface area contributed by atoms with Gasteiger partial charge in [-0.05, 0) is 38.2 Å². The van der Waals surface area contributed by atoms with Crippen molar-refractivity contribution in [2.24, 2.45) is 0 Å². The third-order valence-electron chi connectivity index (χ3n) is 4.74. The lowest BCUT2D eigenvalue weighted by Crippen LogP contribution is -2.39. The molecule has 0 spiro atoms. The quantitative estimate of drug-likeness (QED) is 0.704. The molecule has 2 heterocycles. The van der Waals surface area contributed by atoms with Crippen LogP contribution >= 0.6 is 0 Å². The third-order valence-corrected chi connectivity index (χ3v) is 4.74. The van der Waals surface area contributed by atoms with Crippen molar-refractivity contribution in [3.63, 3.8) is 0 Å². The molecule has 0 aliphatic carbocycles. The van der Waals surface area contributed by atoms with Crippen LogP contribution in [-0.2, 0) is 11.3 Å². The fraction of sp³-hybridized carbons (Fsp3) is 0.250. The number of hydrogen-bond acceptors (Lipinski definition) is 6. The summed E-state index contributed by atoms with van der Waals surface area (Å²) < 4.78 is 10.6. The van der Waals surface area contributed by atoms with Gasteiger partial charge in [0.25, 0.3) is 5.56 Å². The summed E-state index contributed by atoms with van der Waals surface area (Å²) in [5.74, 6) is 1.60. The highest BCUT2D eigenvalue weighted by Gasteiger charge is 2.21. The average Bonchev–Trinajstić information content (AvgIpc) is 3.15. The number of rotatable bonds is 5. The molecule has 0 saturated carbocycles. The zero-order valence-corrected chi connectivity index (χ0v) is 15.6. The zero-order chi connectivity index (χ0) is 19.7. The van der Waals surface area contributed by atoms with E-state index in [-0.39, 0.29) is 18.3 Å². The predicted octanol–water partition coefficient (Wildman–Crippen LogP) is 2.11. The molecule has 1 amide bonds. The molecule has 0 fully saturated rings. The fourth-order valence-electron chi connectivity index (χ4n) is 3.00. The van der Waals surface area contributed by atoms with E-state index in [2.05, 4.69) is 15.3 Å². The minimum atomic E-state index is -0.442. The van der Waals surface area contributed by atoms with Crippen LogP contribution in [0.5, 0.6) is 11.5 Å². The summed E-state index contributed by atoms with van der Waals surface area (Å²) in [6.07, 6.45) is 0. The molecule has 28 heavy (non-hydrogen) atoms. The van der Waals surface area contributed by atoms with E-state index in [0.29, 0.717) is 40.5 Å². The molecule has 1 aromatic heterocycles. The summed E-state index contributed by atoms with van der Waals surface area (Å²) in [6.45, 7) is 2.31. The van der Waals surface area contributed by atoms with Gasteiger partial charge in [-0.1, -0.05) is 12.1 Å². The first-order valence-electron chi connectivity index (χ1n) is 8.90. The van der Waals surface area contributed by atoms with Gasteiger partial charge >= 0.3 is 0 Å². The number of hydrogen-bond donors (Lipinski definition) is 2. The highest BCUT2D eigenvalue weighted by molar-refractivity contribution is 5.94. The van der Waals surface area contributed by atoms with E-state index in [4.69, 9.17) is 9.47 Å². The van der Waals surface area contributed by atoms with E-state index >= 15 is 0 Å². The Bertz CT molecular complexity index is 1100. The molecular weight excluding hydrogens is 360 g/mol. The SMILES string of the molecule is C[C@H](C(=O)Nc1ccc2c(c1)OCO2)N(C)Cc1nc2ccccc2c(=O)[nH]1. The maximum atomic E-state index is 12.6. The van der Waals surface area contributed by atoms with Gasteiger partial charge in [-0.2, -0.15) is 0 Å². The number of nitrogens with one attached hydrogen (secondary N) is 2. The highest BCUT2D eigenvalue weighted by Crippen LogP contribution is 2.34. The number of amides is 1. The molecule has 1 aliphatic heterocycles. The van der Waals surface area contributed by atoms with Crippen LogP contribution in [0.15, 0.2) is 47.3 Å². The van der Waals surface area contributed by atoms with Crippen molar-refractivity contribution in [1.29, 1.82) is 0 Å². The molecule has 4 rings (SSSR count). The zero-order valence-electron chi connectivity index (χ0n) is 15.6. The van der Waals surface area contributed by atoms with Crippen LogP contribution in [-0.4, -0.2) is 40.7 Å². The Morgan fingerprint density at radius 3 is 2.89 bits per heavy atom. The Kier molecular flexibility index (Phi) is 4.70. The number of aromatic amines is 1. The number of para-hydroxylation sites is 1. The fourth-order valence-corrected chi connectivity index (χ4v) is 3.00. The molecule has 1 atom stereocenters. The first kappa shape index (κ1) is 18.0. The van der Waals surface area contributed by atoms with Gasteiger partial charge in [-0.3, -0.25) is 14.5 Å². The van der Waals surface area contributed by atoms with E-state index in [9.17, 15) is 9.59 Å². The Hall–Kier alpha value is -3.39. The predicted molar refractivity (Wildman–Crippen MR) is 104 cm³/mol. The number of carbonyl (C=O) groups is 1. The number of carbonyl (C=O) groups excluding carboxylic acids is 1. The maximum Gasteiger partial charge on any atom is 0.258 e. The summed E-state index contributed by atoms with van der Waals surface area (Å²) in [7, 11) is 1.80. The second kappa shape index (κ2) is 7.32. The number of benzene rings is 2. The lowest BCUT2D eigenvalue weighted by molar-refractivity contribution is -0.120. The molecule has 0 saturated heterocycles. The normalized spacial score (nSPS) is 13.7. The van der Waals surface area contributed by atoms with Crippen molar-refractivity contribution in [3.05, 3.63) is 58.6 Å². The van der Waals surface area contributed by atoms with Crippen molar-refractivity contribution in [3.8, 4) is 11.5 Å². The van der Waals surface area contributed by atoms with Crippen LogP contribution in [0.25, 0.3) is 10.9 Å². The van der Waals surface area contributed by atoms with Crippen LogP contribution in [0.1, 0.15) is 12.7 Å². The van der Waals surface area contributed by atoms with Crippen molar-refractivity contribution in [2.75, 3.05) is 19.2 Å². The average molecular weight is 380 g/mol. The second-order valence-electron chi connectivity index (χ2n) is 6.68. The topological polar surface area (TPSA) is 96.6 Å². The standard InChI is InChI=1S/C20H20N4O4/c1-12(19(25)21-13-7-8-16-17(9-13)28-11-27-16)24(2)10-18-22-15-6-4-3-5-14(15)20(26)23-18/h3-9,12H,10-11H2,1-2H3,(H,21,25)(H,22,23,26)/t12-/m1/s1. The molecular formula is C20H20N4O4. The van der Waals surface area contributed by atoms with Crippen LogP contribution in [0.2, 0.25) is 0 Å². The second-order valence-corrected chi connectivity index (χ2v) is 6.68. The highest BCUT2D eigenvalue weighted by atomic mass is 16.7. The van der Waals surface area contributed by atoms with Crippen molar-refractivity contribution in [2.45, 2.75) is 19.5 Å². The van der Waals surface area contributed by atoms with Gasteiger partial charge in [0, 0.05) is 11.8 Å². The molecule has 8 nitrogen and oxygen atoms in total.